The Bertz CT molecular complexity index is 237. The van der Waals surface area contributed by atoms with Crippen LogP contribution in [0.2, 0.25) is 0 Å². The van der Waals surface area contributed by atoms with Crippen LogP contribution < -0.4 is 0 Å². The average Bonchev–Trinajstić information content (AvgIpc) is 2.83. The molecule has 0 saturated heterocycles. The van der Waals surface area contributed by atoms with Gasteiger partial charge in [0.25, 0.3) is 0 Å². The highest BCUT2D eigenvalue weighted by atomic mass is 35.5. The van der Waals surface area contributed by atoms with Gasteiger partial charge in [0.2, 0.25) is 0 Å². The van der Waals surface area contributed by atoms with Gasteiger partial charge in [0.15, 0.2) is 0 Å². The second-order valence-corrected chi connectivity index (χ2v) is 2.28. The topological polar surface area (TPSA) is 115 Å². The lowest BCUT2D eigenvalue weighted by Crippen LogP contribution is -1.44. The maximum absolute atomic E-state index is 8.70. The standard InChI is InChI=1S/2C3H4N2.ClH.HO3P/c2*1-2-5-3-4-1;;1-4(2)3/h2*1-3H,(H,4,5);1H;(H-,1,2,3)/p+1. The summed E-state index contributed by atoms with van der Waals surface area (Å²) in [5, 5.41) is 0. The molecule has 15 heavy (non-hydrogen) atoms. The van der Waals surface area contributed by atoms with Crippen molar-refractivity contribution in [2.45, 2.75) is 0 Å². The smallest absolute Gasteiger partial charge is 0.351 e. The van der Waals surface area contributed by atoms with E-state index in [9.17, 15) is 0 Å². The van der Waals surface area contributed by atoms with E-state index in [1.807, 2.05) is 0 Å². The summed E-state index contributed by atoms with van der Waals surface area (Å²) in [5.41, 5.74) is 0. The summed E-state index contributed by atoms with van der Waals surface area (Å²) in [7, 11) is -2.87. The van der Waals surface area contributed by atoms with Crippen molar-refractivity contribution < 1.29 is 14.4 Å². The quantitative estimate of drug-likeness (QED) is 0.520. The molecule has 0 aliphatic rings. The van der Waals surface area contributed by atoms with Gasteiger partial charge in [-0.25, -0.2) is 9.97 Å². The second kappa shape index (κ2) is 12.7. The van der Waals surface area contributed by atoms with Crippen LogP contribution in [0.1, 0.15) is 0 Å². The molecule has 2 aromatic heterocycles. The molecule has 0 unspecified atom stereocenters. The Morgan fingerprint density at radius 3 is 1.40 bits per heavy atom. The molecule has 0 saturated carbocycles. The van der Waals surface area contributed by atoms with E-state index >= 15 is 0 Å². The first-order valence-corrected chi connectivity index (χ1v) is 4.60. The van der Waals surface area contributed by atoms with E-state index in [0.717, 1.165) is 0 Å². The largest absolute Gasteiger partial charge is 0.692 e. The van der Waals surface area contributed by atoms with E-state index < -0.39 is 8.25 Å². The fourth-order valence-corrected chi connectivity index (χ4v) is 0.430. The van der Waals surface area contributed by atoms with Gasteiger partial charge in [0.1, 0.15) is 0 Å². The van der Waals surface area contributed by atoms with Gasteiger partial charge in [0, 0.05) is 29.4 Å². The number of halogens is 1. The lowest BCUT2D eigenvalue weighted by Gasteiger charge is -1.46. The molecule has 2 rings (SSSR count). The Morgan fingerprint density at radius 2 is 1.33 bits per heavy atom. The molecule has 0 aromatic carbocycles. The SMILES string of the molecule is Cl.O=[P+](O)O.c1c[nH]cn1.c1c[nH]cn1. The van der Waals surface area contributed by atoms with Gasteiger partial charge in [-0.2, -0.15) is 0 Å². The zero-order chi connectivity index (χ0) is 10.6. The summed E-state index contributed by atoms with van der Waals surface area (Å²) in [5.74, 6) is 0. The zero-order valence-corrected chi connectivity index (χ0v) is 9.23. The van der Waals surface area contributed by atoms with Gasteiger partial charge in [0.05, 0.1) is 12.7 Å². The van der Waals surface area contributed by atoms with E-state index in [2.05, 4.69) is 19.9 Å². The molecule has 0 bridgehead atoms. The molecule has 0 fully saturated rings. The predicted molar refractivity (Wildman–Crippen MR) is 56.5 cm³/mol. The summed E-state index contributed by atoms with van der Waals surface area (Å²) >= 11 is 0. The van der Waals surface area contributed by atoms with Crippen molar-refractivity contribution in [1.82, 2.24) is 19.9 Å². The molecule has 0 spiro atoms. The maximum Gasteiger partial charge on any atom is 0.692 e. The highest BCUT2D eigenvalue weighted by Gasteiger charge is 1.93. The summed E-state index contributed by atoms with van der Waals surface area (Å²) in [6.45, 7) is 0. The third-order valence-corrected chi connectivity index (χ3v) is 0.812. The van der Waals surface area contributed by atoms with Crippen molar-refractivity contribution in [1.29, 1.82) is 0 Å². The van der Waals surface area contributed by atoms with Crippen LogP contribution in [0.15, 0.2) is 37.4 Å². The molecule has 0 aliphatic heterocycles. The molecule has 7 nitrogen and oxygen atoms in total. The molecule has 2 aromatic rings. The van der Waals surface area contributed by atoms with Gasteiger partial charge < -0.3 is 9.97 Å². The summed E-state index contributed by atoms with van der Waals surface area (Å²) in [6, 6.07) is 0. The van der Waals surface area contributed by atoms with Crippen LogP contribution in [-0.2, 0) is 4.57 Å². The first kappa shape index (κ1) is 16.2. The van der Waals surface area contributed by atoms with Crippen LogP contribution in [0.3, 0.4) is 0 Å². The van der Waals surface area contributed by atoms with E-state index in [-0.39, 0.29) is 12.4 Å². The van der Waals surface area contributed by atoms with E-state index in [4.69, 9.17) is 14.4 Å². The first-order valence-electron chi connectivity index (χ1n) is 3.44. The minimum atomic E-state index is -2.87. The number of H-pyrrole nitrogens is 2. The normalized spacial score (nSPS) is 7.07. The molecule has 9 heteroatoms. The summed E-state index contributed by atoms with van der Waals surface area (Å²) in [6.07, 6.45) is 10.2. The van der Waals surface area contributed by atoms with Crippen molar-refractivity contribution in [3.8, 4) is 0 Å². The summed E-state index contributed by atoms with van der Waals surface area (Å²) in [4.78, 5) is 27.1. The van der Waals surface area contributed by atoms with Gasteiger partial charge in [-0.1, -0.05) is 0 Å². The molecule has 4 N–H and O–H groups in total. The molecule has 84 valence electrons. The Balaban J connectivity index is 0. The number of imidazole rings is 2. The van der Waals surface area contributed by atoms with Crippen LogP contribution in [0.25, 0.3) is 0 Å². The third kappa shape index (κ3) is 19.2. The van der Waals surface area contributed by atoms with Gasteiger partial charge in [-0.3, -0.25) is 0 Å². The van der Waals surface area contributed by atoms with E-state index in [1.165, 1.54) is 0 Å². The molecule has 0 aliphatic carbocycles. The average molecular weight is 254 g/mol. The highest BCUT2D eigenvalue weighted by molar-refractivity contribution is 7.30. The van der Waals surface area contributed by atoms with Crippen molar-refractivity contribution in [2.24, 2.45) is 0 Å². The predicted octanol–water partition coefficient (Wildman–Crippen LogP) is 0.870. The Hall–Kier alpha value is -1.27. The molecule has 0 radical (unpaired) electrons. The van der Waals surface area contributed by atoms with Crippen molar-refractivity contribution in [2.75, 3.05) is 0 Å². The van der Waals surface area contributed by atoms with Crippen molar-refractivity contribution >= 4 is 20.7 Å². The Kier molecular flexibility index (Phi) is 13.7. The van der Waals surface area contributed by atoms with Crippen LogP contribution in [0.4, 0.5) is 0 Å². The number of hydrogen-bond acceptors (Lipinski definition) is 3. The minimum absolute atomic E-state index is 0. The molecule has 2 heterocycles. The minimum Gasteiger partial charge on any atom is -0.351 e. The van der Waals surface area contributed by atoms with Crippen molar-refractivity contribution in [3.63, 3.8) is 0 Å². The highest BCUT2D eigenvalue weighted by Crippen LogP contribution is 1.98. The molecular formula is C6H11ClN4O3P+. The fraction of sp³-hybridized carbons (Fsp3) is 0. The third-order valence-electron chi connectivity index (χ3n) is 0.812. The maximum atomic E-state index is 8.70. The first-order chi connectivity index (χ1) is 6.73. The Morgan fingerprint density at radius 1 is 1.00 bits per heavy atom. The number of hydrogen-bond donors (Lipinski definition) is 4. The summed E-state index contributed by atoms with van der Waals surface area (Å²) < 4.78 is 8.70. The van der Waals surface area contributed by atoms with Crippen LogP contribution in [-0.4, -0.2) is 29.7 Å². The number of aromatic nitrogens is 4. The number of aromatic amines is 2. The van der Waals surface area contributed by atoms with E-state index in [0.29, 0.717) is 0 Å². The fourth-order valence-electron chi connectivity index (χ4n) is 0.430. The van der Waals surface area contributed by atoms with Gasteiger partial charge in [-0.05, 0) is 0 Å². The number of nitrogens with zero attached hydrogens (tertiary/aromatic N) is 2. The number of rotatable bonds is 0. The van der Waals surface area contributed by atoms with Gasteiger partial charge >= 0.3 is 8.25 Å². The van der Waals surface area contributed by atoms with Gasteiger partial charge in [-0.15, -0.1) is 22.2 Å². The molecular weight excluding hydrogens is 243 g/mol. The van der Waals surface area contributed by atoms with E-state index in [1.54, 1.807) is 37.4 Å². The number of nitrogens with one attached hydrogen (secondary N) is 2. The monoisotopic (exact) mass is 253 g/mol. The van der Waals surface area contributed by atoms with Crippen LogP contribution in [0.5, 0.6) is 0 Å². The molecule has 0 amide bonds. The van der Waals surface area contributed by atoms with Crippen LogP contribution in [0, 0.1) is 0 Å². The zero-order valence-electron chi connectivity index (χ0n) is 7.52. The van der Waals surface area contributed by atoms with Crippen molar-refractivity contribution in [3.05, 3.63) is 37.4 Å². The lowest BCUT2D eigenvalue weighted by atomic mass is 11.0. The second-order valence-electron chi connectivity index (χ2n) is 1.77. The van der Waals surface area contributed by atoms with Crippen LogP contribution >= 0.6 is 20.7 Å². The lowest BCUT2D eigenvalue weighted by molar-refractivity contribution is 0.405. The Labute approximate surface area is 93.0 Å². The molecule has 0 atom stereocenters.